The Morgan fingerprint density at radius 1 is 1.38 bits per heavy atom. The molecule has 1 amide bonds. The van der Waals surface area contributed by atoms with E-state index < -0.39 is 5.41 Å². The monoisotopic (exact) mass is 242 g/mol. The number of carbonyl (C=O) groups is 1. The molecule has 0 atom stereocenters. The predicted octanol–water partition coefficient (Wildman–Crippen LogP) is 0.738. The van der Waals surface area contributed by atoms with Crippen molar-refractivity contribution in [2.24, 2.45) is 11.1 Å². The quantitative estimate of drug-likeness (QED) is 0.716. The number of ether oxygens (including phenoxy) is 1. The van der Waals surface area contributed by atoms with E-state index in [9.17, 15) is 4.79 Å². The first-order chi connectivity index (χ1) is 7.65. The zero-order valence-corrected chi connectivity index (χ0v) is 10.1. The molecule has 1 aliphatic heterocycles. The van der Waals surface area contributed by atoms with E-state index in [1.807, 2.05) is 0 Å². The van der Waals surface area contributed by atoms with Gasteiger partial charge in [0.1, 0.15) is 5.41 Å². The Balaban J connectivity index is 2.04. The van der Waals surface area contributed by atoms with E-state index in [0.717, 1.165) is 12.8 Å². The van der Waals surface area contributed by atoms with Crippen molar-refractivity contribution in [2.75, 3.05) is 13.2 Å². The fourth-order valence-electron chi connectivity index (χ4n) is 2.18. The molecule has 5 heteroatoms. The molecule has 3 N–H and O–H groups in total. The Bertz CT molecular complexity index is 296. The van der Waals surface area contributed by atoms with E-state index >= 15 is 0 Å². The van der Waals surface area contributed by atoms with E-state index in [0.29, 0.717) is 37.1 Å². The van der Waals surface area contributed by atoms with Crippen molar-refractivity contribution in [1.29, 1.82) is 0 Å². The highest BCUT2D eigenvalue weighted by molar-refractivity contribution is 7.80. The van der Waals surface area contributed by atoms with Gasteiger partial charge in [0.05, 0.1) is 4.99 Å². The Morgan fingerprint density at radius 2 is 2.00 bits per heavy atom. The van der Waals surface area contributed by atoms with Gasteiger partial charge in [0.15, 0.2) is 0 Å². The summed E-state index contributed by atoms with van der Waals surface area (Å²) in [5, 5.41) is 3.05. The zero-order valence-electron chi connectivity index (χ0n) is 9.33. The van der Waals surface area contributed by atoms with Crippen LogP contribution in [0.2, 0.25) is 0 Å². The second kappa shape index (κ2) is 4.67. The Kier molecular flexibility index (Phi) is 3.44. The molecule has 0 spiro atoms. The van der Waals surface area contributed by atoms with Gasteiger partial charge in [0.2, 0.25) is 5.91 Å². The third kappa shape index (κ3) is 2.06. The molecule has 90 valence electrons. The lowest BCUT2D eigenvalue weighted by atomic mass is 9.78. The molecule has 0 bridgehead atoms. The molecular formula is C11H18N2O2S. The van der Waals surface area contributed by atoms with Gasteiger partial charge < -0.3 is 15.8 Å². The first-order valence-electron chi connectivity index (χ1n) is 5.84. The molecule has 2 rings (SSSR count). The molecule has 16 heavy (non-hydrogen) atoms. The summed E-state index contributed by atoms with van der Waals surface area (Å²) in [7, 11) is 0. The van der Waals surface area contributed by atoms with Crippen molar-refractivity contribution in [3.05, 3.63) is 0 Å². The number of nitrogens with one attached hydrogen (secondary N) is 1. The maximum Gasteiger partial charge on any atom is 0.233 e. The summed E-state index contributed by atoms with van der Waals surface area (Å²) >= 11 is 5.07. The molecule has 2 aliphatic rings. The minimum Gasteiger partial charge on any atom is -0.392 e. The number of rotatable bonds is 3. The molecule has 1 aliphatic carbocycles. The van der Waals surface area contributed by atoms with Crippen molar-refractivity contribution < 1.29 is 9.53 Å². The van der Waals surface area contributed by atoms with E-state index in [2.05, 4.69) is 5.32 Å². The van der Waals surface area contributed by atoms with Crippen molar-refractivity contribution in [1.82, 2.24) is 5.32 Å². The molecule has 4 nitrogen and oxygen atoms in total. The molecule has 0 aromatic carbocycles. The lowest BCUT2D eigenvalue weighted by molar-refractivity contribution is -0.132. The average Bonchev–Trinajstić information content (AvgIpc) is 2.24. The van der Waals surface area contributed by atoms with Gasteiger partial charge in [-0.2, -0.15) is 0 Å². The van der Waals surface area contributed by atoms with Crippen LogP contribution in [-0.4, -0.2) is 30.2 Å². The van der Waals surface area contributed by atoms with Gasteiger partial charge in [-0.3, -0.25) is 4.79 Å². The third-order valence-corrected chi connectivity index (χ3v) is 4.08. The molecule has 0 aromatic heterocycles. The number of amides is 1. The predicted molar refractivity (Wildman–Crippen MR) is 65.1 cm³/mol. The van der Waals surface area contributed by atoms with Crippen molar-refractivity contribution in [3.63, 3.8) is 0 Å². The van der Waals surface area contributed by atoms with Gasteiger partial charge in [-0.15, -0.1) is 0 Å². The molecule has 0 aromatic rings. The zero-order chi connectivity index (χ0) is 11.6. The Morgan fingerprint density at radius 3 is 2.44 bits per heavy atom. The Hall–Kier alpha value is -0.680. The molecule has 1 saturated carbocycles. The summed E-state index contributed by atoms with van der Waals surface area (Å²) < 4.78 is 5.28. The van der Waals surface area contributed by atoms with E-state index in [4.69, 9.17) is 22.7 Å². The average molecular weight is 242 g/mol. The van der Waals surface area contributed by atoms with Gasteiger partial charge in [-0.25, -0.2) is 0 Å². The topological polar surface area (TPSA) is 64.4 Å². The van der Waals surface area contributed by atoms with Gasteiger partial charge >= 0.3 is 0 Å². The summed E-state index contributed by atoms with van der Waals surface area (Å²) in [4.78, 5) is 12.5. The van der Waals surface area contributed by atoms with Crippen molar-refractivity contribution in [3.8, 4) is 0 Å². The summed E-state index contributed by atoms with van der Waals surface area (Å²) in [6, 6.07) is 0.335. The lowest BCUT2D eigenvalue weighted by Gasteiger charge is -2.37. The van der Waals surface area contributed by atoms with Crippen LogP contribution in [0, 0.1) is 5.41 Å². The van der Waals surface area contributed by atoms with Crippen LogP contribution in [0.15, 0.2) is 0 Å². The lowest BCUT2D eigenvalue weighted by Crippen LogP contribution is -2.55. The van der Waals surface area contributed by atoms with Gasteiger partial charge in [0.25, 0.3) is 0 Å². The van der Waals surface area contributed by atoms with Crippen LogP contribution in [0.1, 0.15) is 32.1 Å². The first-order valence-corrected chi connectivity index (χ1v) is 6.24. The summed E-state index contributed by atoms with van der Waals surface area (Å²) in [6.07, 6.45) is 4.58. The van der Waals surface area contributed by atoms with Crippen LogP contribution in [0.3, 0.4) is 0 Å². The summed E-state index contributed by atoms with van der Waals surface area (Å²) in [5.74, 6) is 0.00741. The van der Waals surface area contributed by atoms with Gasteiger partial charge in [-0.05, 0) is 32.1 Å². The second-order valence-corrected chi connectivity index (χ2v) is 5.10. The fourth-order valence-corrected chi connectivity index (χ4v) is 2.48. The highest BCUT2D eigenvalue weighted by atomic mass is 32.1. The highest BCUT2D eigenvalue weighted by Gasteiger charge is 2.43. The van der Waals surface area contributed by atoms with E-state index in [1.165, 1.54) is 6.42 Å². The maximum absolute atomic E-state index is 12.2. The SMILES string of the molecule is NC(=S)C1(C(=O)NC2CCC2)CCOCC1. The van der Waals surface area contributed by atoms with Gasteiger partial charge in [0, 0.05) is 19.3 Å². The Labute approximate surface area is 101 Å². The minimum absolute atomic E-state index is 0.00741. The number of thiocarbonyl (C=S) groups is 1. The molecule has 2 fully saturated rings. The largest absolute Gasteiger partial charge is 0.392 e. The second-order valence-electron chi connectivity index (χ2n) is 4.66. The maximum atomic E-state index is 12.2. The van der Waals surface area contributed by atoms with Crippen LogP contribution in [0.25, 0.3) is 0 Å². The number of hydrogen-bond acceptors (Lipinski definition) is 3. The number of nitrogens with two attached hydrogens (primary N) is 1. The van der Waals surface area contributed by atoms with Crippen LogP contribution < -0.4 is 11.1 Å². The van der Waals surface area contributed by atoms with Crippen molar-refractivity contribution >= 4 is 23.1 Å². The first kappa shape index (κ1) is 11.8. The molecule has 0 radical (unpaired) electrons. The van der Waals surface area contributed by atoms with E-state index in [1.54, 1.807) is 0 Å². The smallest absolute Gasteiger partial charge is 0.233 e. The number of carbonyl (C=O) groups excluding carboxylic acids is 1. The molecule has 0 unspecified atom stereocenters. The van der Waals surface area contributed by atoms with Crippen molar-refractivity contribution in [2.45, 2.75) is 38.1 Å². The normalized spacial score (nSPS) is 24.5. The highest BCUT2D eigenvalue weighted by Crippen LogP contribution is 2.32. The van der Waals surface area contributed by atoms with Crippen LogP contribution in [0.4, 0.5) is 0 Å². The molecule has 1 saturated heterocycles. The summed E-state index contributed by atoms with van der Waals surface area (Å²) in [5.41, 5.74) is 5.09. The van der Waals surface area contributed by atoms with Crippen LogP contribution in [-0.2, 0) is 9.53 Å². The fraction of sp³-hybridized carbons (Fsp3) is 0.818. The van der Waals surface area contributed by atoms with Crippen LogP contribution in [0.5, 0.6) is 0 Å². The van der Waals surface area contributed by atoms with Gasteiger partial charge in [-0.1, -0.05) is 12.2 Å². The molecule has 1 heterocycles. The van der Waals surface area contributed by atoms with E-state index in [-0.39, 0.29) is 5.91 Å². The number of hydrogen-bond donors (Lipinski definition) is 2. The van der Waals surface area contributed by atoms with Crippen LogP contribution >= 0.6 is 12.2 Å². The minimum atomic E-state index is -0.664. The summed E-state index contributed by atoms with van der Waals surface area (Å²) in [6.45, 7) is 1.13. The molecular weight excluding hydrogens is 224 g/mol. The standard InChI is InChI=1S/C11H18N2O2S/c12-9(16)11(4-6-15-7-5-11)10(14)13-8-2-1-3-8/h8H,1-7H2,(H2,12,16)(H,13,14). The third-order valence-electron chi connectivity index (χ3n) is 3.69.